The van der Waals surface area contributed by atoms with Gasteiger partial charge in [-0.05, 0) is 44.2 Å². The first-order valence-corrected chi connectivity index (χ1v) is 9.15. The highest BCUT2D eigenvalue weighted by molar-refractivity contribution is 5.52. The Balaban J connectivity index is 1.71. The lowest BCUT2D eigenvalue weighted by Crippen LogP contribution is -2.49. The zero-order chi connectivity index (χ0) is 17.4. The van der Waals surface area contributed by atoms with Crippen molar-refractivity contribution in [3.05, 3.63) is 47.2 Å². The molecule has 25 heavy (non-hydrogen) atoms. The maximum Gasteiger partial charge on any atom is 0.224 e. The highest BCUT2D eigenvalue weighted by atomic mass is 16.3. The molecule has 0 spiro atoms. The van der Waals surface area contributed by atoms with Crippen molar-refractivity contribution < 1.29 is 5.11 Å². The van der Waals surface area contributed by atoms with Crippen molar-refractivity contribution in [2.75, 3.05) is 23.4 Å². The summed E-state index contributed by atoms with van der Waals surface area (Å²) in [4.78, 5) is 11.8. The Hall–Kier alpha value is -2.14. The van der Waals surface area contributed by atoms with Crippen LogP contribution in [0.5, 0.6) is 0 Å². The Kier molecular flexibility index (Phi) is 4.12. The molecule has 2 heterocycles. The van der Waals surface area contributed by atoms with Gasteiger partial charge >= 0.3 is 0 Å². The van der Waals surface area contributed by atoms with E-state index in [1.165, 1.54) is 24.0 Å². The zero-order valence-corrected chi connectivity index (χ0v) is 15.0. The van der Waals surface area contributed by atoms with Crippen LogP contribution in [0.3, 0.4) is 0 Å². The molecular formula is C20H26N4O. The number of rotatable bonds is 5. The Morgan fingerprint density at radius 3 is 2.68 bits per heavy atom. The molecule has 1 saturated carbocycles. The molecule has 1 aromatic heterocycles. The van der Waals surface area contributed by atoms with Crippen LogP contribution in [0.1, 0.15) is 49.4 Å². The predicted molar refractivity (Wildman–Crippen MR) is 100.0 cm³/mol. The molecule has 5 nitrogen and oxygen atoms in total. The van der Waals surface area contributed by atoms with E-state index in [1.807, 2.05) is 0 Å². The van der Waals surface area contributed by atoms with Crippen molar-refractivity contribution in [2.45, 2.75) is 51.1 Å². The lowest BCUT2D eigenvalue weighted by molar-refractivity contribution is 0.310. The van der Waals surface area contributed by atoms with Crippen LogP contribution in [0.4, 0.5) is 11.8 Å². The first-order chi connectivity index (χ1) is 12.1. The van der Waals surface area contributed by atoms with Crippen LogP contribution in [0.2, 0.25) is 0 Å². The number of aliphatic hydroxyl groups excluding tert-OH is 1. The Labute approximate surface area is 149 Å². The fourth-order valence-corrected chi connectivity index (χ4v) is 3.65. The predicted octanol–water partition coefficient (Wildman–Crippen LogP) is 3.10. The van der Waals surface area contributed by atoms with E-state index in [4.69, 9.17) is 10.1 Å². The standard InChI is InChI=1S/C20H26N4O/c1-20(2)12-15-5-3-4-6-16(15)13-24(20)18-11-17(14-7-8-14)22-19(23-18)21-9-10-25/h3-6,11,14,25H,7-10,12-13H2,1-2H3,(H,21,22,23). The van der Waals surface area contributed by atoms with Crippen LogP contribution in [0.25, 0.3) is 0 Å². The van der Waals surface area contributed by atoms with E-state index >= 15 is 0 Å². The van der Waals surface area contributed by atoms with Gasteiger partial charge in [0.2, 0.25) is 5.95 Å². The molecule has 1 aliphatic heterocycles. The van der Waals surface area contributed by atoms with Gasteiger partial charge < -0.3 is 15.3 Å². The number of fused-ring (bicyclic) bond motifs is 1. The number of nitrogens with zero attached hydrogens (tertiary/aromatic N) is 3. The molecule has 1 aromatic carbocycles. The molecule has 0 radical (unpaired) electrons. The van der Waals surface area contributed by atoms with Gasteiger partial charge in [-0.2, -0.15) is 4.98 Å². The molecule has 0 atom stereocenters. The summed E-state index contributed by atoms with van der Waals surface area (Å²) in [6, 6.07) is 10.8. The second-order valence-electron chi connectivity index (χ2n) is 7.74. The van der Waals surface area contributed by atoms with Gasteiger partial charge in [0.15, 0.2) is 0 Å². The van der Waals surface area contributed by atoms with E-state index in [0.717, 1.165) is 24.5 Å². The Bertz CT molecular complexity index is 770. The van der Waals surface area contributed by atoms with Gasteiger partial charge in [0.25, 0.3) is 0 Å². The summed E-state index contributed by atoms with van der Waals surface area (Å²) in [6.45, 7) is 5.98. The monoisotopic (exact) mass is 338 g/mol. The first kappa shape index (κ1) is 16.3. The molecule has 132 valence electrons. The summed E-state index contributed by atoms with van der Waals surface area (Å²) < 4.78 is 0. The maximum absolute atomic E-state index is 9.10. The lowest BCUT2D eigenvalue weighted by atomic mass is 9.85. The van der Waals surface area contributed by atoms with Crippen LogP contribution in [-0.2, 0) is 13.0 Å². The number of hydrogen-bond acceptors (Lipinski definition) is 5. The molecular weight excluding hydrogens is 312 g/mol. The second-order valence-corrected chi connectivity index (χ2v) is 7.74. The van der Waals surface area contributed by atoms with Gasteiger partial charge in [-0.25, -0.2) is 4.98 Å². The fourth-order valence-electron chi connectivity index (χ4n) is 3.65. The third-order valence-corrected chi connectivity index (χ3v) is 5.20. The topological polar surface area (TPSA) is 61.3 Å². The van der Waals surface area contributed by atoms with Gasteiger partial charge in [0, 0.05) is 30.6 Å². The number of aliphatic hydroxyl groups is 1. The second kappa shape index (κ2) is 6.30. The van der Waals surface area contributed by atoms with Crippen LogP contribution in [0.15, 0.2) is 30.3 Å². The lowest BCUT2D eigenvalue weighted by Gasteiger charge is -2.44. The number of nitrogens with one attached hydrogen (secondary N) is 1. The molecule has 5 heteroatoms. The largest absolute Gasteiger partial charge is 0.395 e. The van der Waals surface area contributed by atoms with Crippen molar-refractivity contribution in [1.82, 2.24) is 9.97 Å². The summed E-state index contributed by atoms with van der Waals surface area (Å²) >= 11 is 0. The molecule has 2 aromatic rings. The third kappa shape index (κ3) is 3.33. The van der Waals surface area contributed by atoms with Crippen molar-refractivity contribution in [2.24, 2.45) is 0 Å². The van der Waals surface area contributed by atoms with Crippen molar-refractivity contribution in [1.29, 1.82) is 0 Å². The quantitative estimate of drug-likeness (QED) is 0.877. The number of anilines is 2. The van der Waals surface area contributed by atoms with Crippen molar-refractivity contribution in [3.8, 4) is 0 Å². The molecule has 0 unspecified atom stereocenters. The number of hydrogen-bond donors (Lipinski definition) is 2. The first-order valence-electron chi connectivity index (χ1n) is 9.15. The summed E-state index contributed by atoms with van der Waals surface area (Å²) in [5.41, 5.74) is 3.93. The van der Waals surface area contributed by atoms with E-state index < -0.39 is 0 Å². The van der Waals surface area contributed by atoms with Gasteiger partial charge in [-0.3, -0.25) is 0 Å². The van der Waals surface area contributed by atoms with Gasteiger partial charge in [-0.1, -0.05) is 24.3 Å². The molecule has 0 saturated heterocycles. The Morgan fingerprint density at radius 2 is 1.96 bits per heavy atom. The maximum atomic E-state index is 9.10. The highest BCUT2D eigenvalue weighted by Gasteiger charge is 2.35. The third-order valence-electron chi connectivity index (χ3n) is 5.20. The summed E-state index contributed by atoms with van der Waals surface area (Å²) in [5, 5.41) is 12.2. The Morgan fingerprint density at radius 1 is 1.20 bits per heavy atom. The minimum Gasteiger partial charge on any atom is -0.395 e. The van der Waals surface area contributed by atoms with E-state index in [9.17, 15) is 0 Å². The van der Waals surface area contributed by atoms with Crippen LogP contribution in [-0.4, -0.2) is 33.8 Å². The van der Waals surface area contributed by atoms with Crippen LogP contribution >= 0.6 is 0 Å². The molecule has 0 bridgehead atoms. The molecule has 0 amide bonds. The molecule has 1 fully saturated rings. The van der Waals surface area contributed by atoms with E-state index in [1.54, 1.807) is 0 Å². The van der Waals surface area contributed by atoms with Gasteiger partial charge in [0.1, 0.15) is 5.82 Å². The highest BCUT2D eigenvalue weighted by Crippen LogP contribution is 2.41. The van der Waals surface area contributed by atoms with Crippen molar-refractivity contribution in [3.63, 3.8) is 0 Å². The molecule has 1 aliphatic carbocycles. The fraction of sp³-hybridized carbons (Fsp3) is 0.500. The minimum atomic E-state index is -0.00221. The van der Waals surface area contributed by atoms with Gasteiger partial charge in [0.05, 0.1) is 12.3 Å². The smallest absolute Gasteiger partial charge is 0.224 e. The average molecular weight is 338 g/mol. The van der Waals surface area contributed by atoms with Crippen LogP contribution < -0.4 is 10.2 Å². The van der Waals surface area contributed by atoms with E-state index in [-0.39, 0.29) is 12.1 Å². The van der Waals surface area contributed by atoms with Crippen LogP contribution in [0, 0.1) is 0 Å². The number of benzene rings is 1. The zero-order valence-electron chi connectivity index (χ0n) is 15.0. The molecule has 2 aliphatic rings. The SMILES string of the molecule is CC1(C)Cc2ccccc2CN1c1cc(C2CC2)nc(NCCO)n1. The van der Waals surface area contributed by atoms with Gasteiger partial charge in [-0.15, -0.1) is 0 Å². The van der Waals surface area contributed by atoms with E-state index in [2.05, 4.69) is 59.4 Å². The van der Waals surface area contributed by atoms with Crippen molar-refractivity contribution >= 4 is 11.8 Å². The summed E-state index contributed by atoms with van der Waals surface area (Å²) in [7, 11) is 0. The molecule has 4 rings (SSSR count). The number of aromatic nitrogens is 2. The van der Waals surface area contributed by atoms with E-state index in [0.29, 0.717) is 18.4 Å². The molecule has 2 N–H and O–H groups in total. The average Bonchev–Trinajstić information content (AvgIpc) is 3.43. The summed E-state index contributed by atoms with van der Waals surface area (Å²) in [5.74, 6) is 2.18. The minimum absolute atomic E-state index is 0.00221. The normalized spacial score (nSPS) is 18.8. The summed E-state index contributed by atoms with van der Waals surface area (Å²) in [6.07, 6.45) is 3.43.